The lowest BCUT2D eigenvalue weighted by Gasteiger charge is -2.28. The number of anilines is 3. The lowest BCUT2D eigenvalue weighted by atomic mass is 9.84. The van der Waals surface area contributed by atoms with E-state index in [1.165, 1.54) is 208 Å². The number of hydrogen-bond donors (Lipinski definition) is 1. The van der Waals surface area contributed by atoms with E-state index in [1.54, 1.807) is 0 Å². The molecule has 0 radical (unpaired) electrons. The first-order valence-electron chi connectivity index (χ1n) is 51.5. The molecule has 0 spiro atoms. The summed E-state index contributed by atoms with van der Waals surface area (Å²) in [7, 11) is 0. The molecule has 26 aromatic carbocycles. The molecule has 0 saturated heterocycles. The highest BCUT2D eigenvalue weighted by Crippen LogP contribution is 2.53. The molecule has 4 heterocycles. The fraction of sp³-hybridized carbons (Fsp3) is 0.00694. The second kappa shape index (κ2) is 37.4. The molecule has 29 aromatic rings. The van der Waals surface area contributed by atoms with Gasteiger partial charge in [-0.05, 0) is 323 Å². The Labute approximate surface area is 868 Å². The predicted octanol–water partition coefficient (Wildman–Crippen LogP) is 39.0. The van der Waals surface area contributed by atoms with Crippen LogP contribution in [0.2, 0.25) is 0 Å². The van der Waals surface area contributed by atoms with Crippen LogP contribution < -0.4 is 10.2 Å². The van der Waals surface area contributed by atoms with Gasteiger partial charge in [-0.3, -0.25) is 14.5 Å². The predicted molar refractivity (Wildman–Crippen MR) is 635 cm³/mol. The van der Waals surface area contributed by atoms with Gasteiger partial charge < -0.3 is 10.2 Å². The molecule has 150 heavy (non-hydrogen) atoms. The van der Waals surface area contributed by atoms with Crippen LogP contribution in [0.5, 0.6) is 0 Å². The molecule has 0 bridgehead atoms. The Morgan fingerprint density at radius 3 is 0.987 bits per heavy atom. The standard InChI is InChI=1S/C49H32N2.C48H30N2.C47H32N2/c1-3-14-35(15-4-1)47-41-19-9-10-20-42(41)48(39-24-23-33-13-7-8-18-37(33)31-39)43-30-27-38(32-44(43)47)34-25-28-40(29-26-34)51-46-22-12-11-21-45(46)50-49(51)36-16-5-2-6-17-36;1-3-11-33-25-37(19-17-31(33)9-1)47-41-14-6-7-15-42(41)48(38-20-18-32-10-2-4-12-34(32)26-38)44-28-35(21-23-43(44)47)39-22-24-46(49-29-39)40-27-36-13-5-8-16-45(36)50-30-40;1-2-16-38(17-3-1)49-44-21-11-10-20-43(44)48-47(49)37-26-27-41-42(30-37)46(36-25-23-32-13-5-7-15-34(32)29-36)40-19-9-8-18-39(40)45(41)35-24-22-31-12-4-6-14-33(31)28-35/h1-32H;1-30H;1-30,47-48H. The number of hydrogen-bond acceptors (Lipinski definition) is 5. The molecule has 1 aliphatic heterocycles. The largest absolute Gasteiger partial charge is 0.359 e. The van der Waals surface area contributed by atoms with Crippen LogP contribution in [0.25, 0.3) is 258 Å². The molecule has 6 nitrogen and oxygen atoms in total. The Bertz CT molecular complexity index is 10400. The zero-order chi connectivity index (χ0) is 99.1. The zero-order valence-electron chi connectivity index (χ0n) is 81.9. The molecule has 6 heteroatoms. The number of pyridine rings is 2. The maximum Gasteiger partial charge on any atom is 0.145 e. The van der Waals surface area contributed by atoms with E-state index in [1.807, 2.05) is 36.7 Å². The first-order valence-corrected chi connectivity index (χ1v) is 51.5. The number of para-hydroxylation sites is 6. The normalized spacial score (nSPS) is 12.4. The lowest BCUT2D eigenvalue weighted by Crippen LogP contribution is -2.23. The van der Waals surface area contributed by atoms with Crippen molar-refractivity contribution < 1.29 is 0 Å². The van der Waals surface area contributed by atoms with Crippen LogP contribution in [0.4, 0.5) is 17.1 Å². The molecule has 0 amide bonds. The molecular weight excluding hydrogens is 1810 g/mol. The topological polar surface area (TPSA) is 58.9 Å². The monoisotopic (exact) mass is 1910 g/mol. The summed E-state index contributed by atoms with van der Waals surface area (Å²) < 4.78 is 2.27. The van der Waals surface area contributed by atoms with Gasteiger partial charge in [0.1, 0.15) is 12.0 Å². The van der Waals surface area contributed by atoms with Gasteiger partial charge in [0.25, 0.3) is 0 Å². The minimum Gasteiger partial charge on any atom is -0.359 e. The van der Waals surface area contributed by atoms with Gasteiger partial charge in [-0.15, -0.1) is 0 Å². The molecule has 30 rings (SSSR count). The van der Waals surface area contributed by atoms with Crippen molar-refractivity contribution in [2.45, 2.75) is 6.17 Å². The molecule has 1 unspecified atom stereocenters. The molecule has 3 aromatic heterocycles. The van der Waals surface area contributed by atoms with Gasteiger partial charge in [-0.25, -0.2) is 4.98 Å². The fourth-order valence-electron chi connectivity index (χ4n) is 23.4. The number of benzene rings is 26. The van der Waals surface area contributed by atoms with Crippen LogP contribution in [0, 0.1) is 0 Å². The first kappa shape index (κ1) is 88.0. The molecule has 0 aliphatic carbocycles. The number of nitrogens with one attached hydrogen (secondary N) is 1. The smallest absolute Gasteiger partial charge is 0.145 e. The summed E-state index contributed by atoms with van der Waals surface area (Å²) in [4.78, 5) is 17.1. The first-order chi connectivity index (χ1) is 74.4. The van der Waals surface area contributed by atoms with Gasteiger partial charge in [-0.1, -0.05) is 431 Å². The van der Waals surface area contributed by atoms with E-state index in [0.717, 1.165) is 72.8 Å². The Morgan fingerprint density at radius 1 is 0.187 bits per heavy atom. The van der Waals surface area contributed by atoms with Crippen LogP contribution in [-0.4, -0.2) is 19.5 Å². The van der Waals surface area contributed by atoms with E-state index in [-0.39, 0.29) is 6.17 Å². The highest BCUT2D eigenvalue weighted by Gasteiger charge is 2.33. The Hall–Kier alpha value is -19.8. The Balaban J connectivity index is 0.000000108. The molecule has 0 fully saturated rings. The second-order valence-corrected chi connectivity index (χ2v) is 39.2. The highest BCUT2D eigenvalue weighted by atomic mass is 15.3. The van der Waals surface area contributed by atoms with Crippen molar-refractivity contribution in [3.05, 3.63) is 564 Å². The van der Waals surface area contributed by atoms with Crippen molar-refractivity contribution in [3.63, 3.8) is 0 Å². The quantitative estimate of drug-likeness (QED) is 0.117. The van der Waals surface area contributed by atoms with Gasteiger partial charge in [0.2, 0.25) is 0 Å². The van der Waals surface area contributed by atoms with Crippen molar-refractivity contribution in [2.75, 3.05) is 10.2 Å². The van der Waals surface area contributed by atoms with Crippen molar-refractivity contribution >= 4 is 157 Å². The summed E-state index contributed by atoms with van der Waals surface area (Å²) in [5.41, 5.74) is 31.4. The minimum atomic E-state index is -0.0655. The van der Waals surface area contributed by atoms with Gasteiger partial charge in [-0.2, -0.15) is 0 Å². The minimum absolute atomic E-state index is 0.0655. The van der Waals surface area contributed by atoms with E-state index in [2.05, 4.69) is 541 Å². The van der Waals surface area contributed by atoms with Crippen LogP contribution in [-0.2, 0) is 0 Å². The van der Waals surface area contributed by atoms with Crippen molar-refractivity contribution in [1.82, 2.24) is 19.5 Å². The van der Waals surface area contributed by atoms with E-state index in [0.29, 0.717) is 0 Å². The molecule has 1 aliphatic rings. The number of nitrogens with zero attached hydrogens (tertiary/aromatic N) is 5. The molecule has 1 atom stereocenters. The third kappa shape index (κ3) is 15.8. The molecule has 0 saturated carbocycles. The van der Waals surface area contributed by atoms with Crippen molar-refractivity contribution in [3.8, 4) is 117 Å². The Kier molecular flexibility index (Phi) is 21.9. The van der Waals surface area contributed by atoms with Gasteiger partial charge in [0.05, 0.1) is 33.6 Å². The molecular formula is C144H94N6. The highest BCUT2D eigenvalue weighted by molar-refractivity contribution is 6.26. The lowest BCUT2D eigenvalue weighted by molar-refractivity contribution is 0.830. The summed E-state index contributed by atoms with van der Waals surface area (Å²) in [5, 5.41) is 32.4. The summed E-state index contributed by atoms with van der Waals surface area (Å²) in [6, 6.07) is 198. The maximum atomic E-state index is 5.05. The van der Waals surface area contributed by atoms with Crippen molar-refractivity contribution in [1.29, 1.82) is 0 Å². The number of aromatic nitrogens is 4. The maximum absolute atomic E-state index is 5.05. The van der Waals surface area contributed by atoms with Crippen LogP contribution in [0.3, 0.4) is 0 Å². The third-order valence-corrected chi connectivity index (χ3v) is 30.4. The SMILES string of the molecule is c1ccc(-c2c3ccccc3c(-c3ccc4ccccc4c3)c3ccc(-c4ccc(-n5c(-c6ccccc6)nc6ccccc65)cc4)cc23)cc1.c1ccc(N2c3ccccc3NC2c2ccc3c(-c4ccc5ccccc5c4)c4ccccc4c(-c4ccc5ccccc5c4)c3c2)cc1.c1ccc2cc(-c3c4ccccc4c(-c4ccc5ccccc5c4)c4cc(-c5ccc(-c6cnc7ccccc7c6)nc5)ccc34)ccc2c1. The van der Waals surface area contributed by atoms with Crippen LogP contribution in [0.15, 0.2) is 558 Å². The number of imidazole rings is 1. The average Bonchev–Trinajstić information content (AvgIpc) is 0.934. The summed E-state index contributed by atoms with van der Waals surface area (Å²) in [6.07, 6.45) is 3.84. The molecule has 700 valence electrons. The number of rotatable bonds is 13. The van der Waals surface area contributed by atoms with Crippen molar-refractivity contribution in [2.24, 2.45) is 0 Å². The van der Waals surface area contributed by atoms with Gasteiger partial charge >= 0.3 is 0 Å². The third-order valence-electron chi connectivity index (χ3n) is 30.4. The van der Waals surface area contributed by atoms with E-state index in [9.17, 15) is 0 Å². The van der Waals surface area contributed by atoms with E-state index >= 15 is 0 Å². The fourth-order valence-corrected chi connectivity index (χ4v) is 23.4. The Morgan fingerprint density at radius 2 is 0.520 bits per heavy atom. The van der Waals surface area contributed by atoms with E-state index in [4.69, 9.17) is 9.97 Å². The number of fused-ring (bicyclic) bond motifs is 14. The van der Waals surface area contributed by atoms with Crippen LogP contribution >= 0.6 is 0 Å². The summed E-state index contributed by atoms with van der Waals surface area (Å²) in [6.45, 7) is 0. The zero-order valence-corrected chi connectivity index (χ0v) is 81.9. The summed E-state index contributed by atoms with van der Waals surface area (Å²) >= 11 is 0. The second-order valence-electron chi connectivity index (χ2n) is 39.2. The average molecular weight is 1910 g/mol. The summed E-state index contributed by atoms with van der Waals surface area (Å²) in [5.74, 6) is 0.941. The van der Waals surface area contributed by atoms with Gasteiger partial charge in [0.15, 0.2) is 0 Å². The van der Waals surface area contributed by atoms with E-state index < -0.39 is 0 Å². The molecule has 1 N–H and O–H groups in total. The van der Waals surface area contributed by atoms with Gasteiger partial charge in [0, 0.05) is 45.8 Å². The van der Waals surface area contributed by atoms with Crippen LogP contribution in [0.1, 0.15) is 11.7 Å².